The molecule has 2 heterocycles. The fourth-order valence-corrected chi connectivity index (χ4v) is 4.36. The van der Waals surface area contributed by atoms with Crippen LogP contribution in [0.4, 0.5) is 0 Å². The van der Waals surface area contributed by atoms with Gasteiger partial charge < -0.3 is 5.32 Å². The van der Waals surface area contributed by atoms with E-state index in [1.54, 1.807) is 5.56 Å². The Morgan fingerprint density at radius 3 is 2.68 bits per heavy atom. The monoisotopic (exact) mass is 278 g/mol. The Kier molecular flexibility index (Phi) is 3.97. The van der Waals surface area contributed by atoms with Crippen molar-refractivity contribution in [3.8, 4) is 0 Å². The van der Waals surface area contributed by atoms with Crippen LogP contribution in [0.3, 0.4) is 0 Å². The number of hydrogen-bond acceptors (Lipinski definition) is 3. The van der Waals surface area contributed by atoms with Gasteiger partial charge in [-0.3, -0.25) is 4.90 Å². The summed E-state index contributed by atoms with van der Waals surface area (Å²) in [6.07, 6.45) is 5.50. The van der Waals surface area contributed by atoms with E-state index in [1.807, 2.05) is 11.3 Å². The van der Waals surface area contributed by atoms with Gasteiger partial charge in [-0.05, 0) is 64.6 Å². The first-order chi connectivity index (χ1) is 9.13. The number of thiophene rings is 1. The van der Waals surface area contributed by atoms with Crippen molar-refractivity contribution < 1.29 is 0 Å². The third kappa shape index (κ3) is 3.21. The summed E-state index contributed by atoms with van der Waals surface area (Å²) in [5.74, 6) is 0. The largest absolute Gasteiger partial charge is 0.310 e. The van der Waals surface area contributed by atoms with Gasteiger partial charge >= 0.3 is 0 Å². The first kappa shape index (κ1) is 13.6. The minimum absolute atomic E-state index is 0.578. The Labute approximate surface area is 121 Å². The van der Waals surface area contributed by atoms with Crippen LogP contribution < -0.4 is 5.32 Å². The zero-order valence-electron chi connectivity index (χ0n) is 12.4. The molecule has 19 heavy (non-hydrogen) atoms. The summed E-state index contributed by atoms with van der Waals surface area (Å²) < 4.78 is 0. The summed E-state index contributed by atoms with van der Waals surface area (Å²) in [6.45, 7) is 9.37. The normalized spacial score (nSPS) is 26.6. The fourth-order valence-electron chi connectivity index (χ4n) is 3.34. The maximum Gasteiger partial charge on any atom is 0.0331 e. The van der Waals surface area contributed by atoms with Gasteiger partial charge in [-0.2, -0.15) is 0 Å². The van der Waals surface area contributed by atoms with Crippen LogP contribution >= 0.6 is 11.3 Å². The molecular formula is C16H26N2S. The lowest BCUT2D eigenvalue weighted by Crippen LogP contribution is -2.47. The standard InChI is InChI=1S/C16H26N2S/c1-11-9-16(13(3)19-11)12(2)18-8-4-5-15(10-18)17-14-6-7-14/h9,12,14-15,17H,4-8,10H2,1-3H3. The molecule has 0 amide bonds. The van der Waals surface area contributed by atoms with Crippen molar-refractivity contribution in [3.05, 3.63) is 21.4 Å². The molecule has 2 aliphatic rings. The van der Waals surface area contributed by atoms with Crippen molar-refractivity contribution in [3.63, 3.8) is 0 Å². The van der Waals surface area contributed by atoms with Gasteiger partial charge in [-0.15, -0.1) is 11.3 Å². The fraction of sp³-hybridized carbons (Fsp3) is 0.750. The summed E-state index contributed by atoms with van der Waals surface area (Å²) in [5.41, 5.74) is 1.55. The minimum Gasteiger partial charge on any atom is -0.310 e. The SMILES string of the molecule is Cc1cc(C(C)N2CCCC(NC3CC3)C2)c(C)s1. The molecule has 1 aromatic rings. The van der Waals surface area contributed by atoms with Crippen LogP contribution in [0.2, 0.25) is 0 Å². The van der Waals surface area contributed by atoms with Gasteiger partial charge in [0.15, 0.2) is 0 Å². The van der Waals surface area contributed by atoms with E-state index in [0.29, 0.717) is 6.04 Å². The van der Waals surface area contributed by atoms with Crippen molar-refractivity contribution in [2.75, 3.05) is 13.1 Å². The van der Waals surface area contributed by atoms with Gasteiger partial charge in [0, 0.05) is 34.4 Å². The average molecular weight is 278 g/mol. The molecule has 1 saturated carbocycles. The lowest BCUT2D eigenvalue weighted by molar-refractivity contribution is 0.145. The lowest BCUT2D eigenvalue weighted by Gasteiger charge is -2.37. The Morgan fingerprint density at radius 2 is 2.05 bits per heavy atom. The minimum atomic E-state index is 0.578. The molecule has 0 bridgehead atoms. The maximum absolute atomic E-state index is 3.81. The van der Waals surface area contributed by atoms with Crippen LogP contribution in [-0.2, 0) is 0 Å². The van der Waals surface area contributed by atoms with E-state index >= 15 is 0 Å². The van der Waals surface area contributed by atoms with Gasteiger partial charge in [-0.25, -0.2) is 0 Å². The molecule has 0 aromatic carbocycles. The van der Waals surface area contributed by atoms with Crippen LogP contribution in [0.5, 0.6) is 0 Å². The number of piperidine rings is 1. The Morgan fingerprint density at radius 1 is 1.26 bits per heavy atom. The van der Waals surface area contributed by atoms with Gasteiger partial charge in [0.2, 0.25) is 0 Å². The summed E-state index contributed by atoms with van der Waals surface area (Å²) in [5, 5.41) is 3.81. The van der Waals surface area contributed by atoms with E-state index < -0.39 is 0 Å². The Hall–Kier alpha value is -0.380. The zero-order chi connectivity index (χ0) is 13.4. The van der Waals surface area contributed by atoms with E-state index in [9.17, 15) is 0 Å². The lowest BCUT2D eigenvalue weighted by atomic mass is 10.0. The molecular weight excluding hydrogens is 252 g/mol. The molecule has 2 fully saturated rings. The van der Waals surface area contributed by atoms with Crippen molar-refractivity contribution in [2.45, 2.75) is 64.6 Å². The molecule has 2 atom stereocenters. The third-order valence-corrected chi connectivity index (χ3v) is 5.56. The van der Waals surface area contributed by atoms with Crippen LogP contribution in [0.15, 0.2) is 6.07 Å². The average Bonchev–Trinajstić information content (AvgIpc) is 3.13. The molecule has 2 unspecified atom stereocenters. The first-order valence-electron chi connectivity index (χ1n) is 7.70. The number of nitrogens with one attached hydrogen (secondary N) is 1. The summed E-state index contributed by atoms with van der Waals surface area (Å²) in [7, 11) is 0. The second kappa shape index (κ2) is 5.55. The number of likely N-dealkylation sites (tertiary alicyclic amines) is 1. The number of nitrogens with zero attached hydrogens (tertiary/aromatic N) is 1. The van der Waals surface area contributed by atoms with E-state index in [0.717, 1.165) is 12.1 Å². The first-order valence-corrected chi connectivity index (χ1v) is 8.52. The van der Waals surface area contributed by atoms with Crippen LogP contribution in [0.25, 0.3) is 0 Å². The molecule has 2 nitrogen and oxygen atoms in total. The molecule has 106 valence electrons. The van der Waals surface area contributed by atoms with E-state index in [-0.39, 0.29) is 0 Å². The van der Waals surface area contributed by atoms with Crippen molar-refractivity contribution in [2.24, 2.45) is 0 Å². The highest BCUT2D eigenvalue weighted by Gasteiger charge is 2.29. The number of aryl methyl sites for hydroxylation is 2. The quantitative estimate of drug-likeness (QED) is 0.904. The van der Waals surface area contributed by atoms with Crippen LogP contribution in [0.1, 0.15) is 54.0 Å². The molecule has 1 aliphatic carbocycles. The predicted molar refractivity (Wildman–Crippen MR) is 83.0 cm³/mol. The van der Waals surface area contributed by atoms with Gasteiger partial charge in [0.05, 0.1) is 0 Å². The smallest absolute Gasteiger partial charge is 0.0331 e. The summed E-state index contributed by atoms with van der Waals surface area (Å²) in [4.78, 5) is 5.63. The maximum atomic E-state index is 3.81. The van der Waals surface area contributed by atoms with E-state index in [2.05, 4.69) is 37.1 Å². The molecule has 0 radical (unpaired) electrons. The predicted octanol–water partition coefficient (Wildman–Crippen LogP) is 3.64. The number of rotatable bonds is 4. The zero-order valence-corrected chi connectivity index (χ0v) is 13.2. The van der Waals surface area contributed by atoms with E-state index in [1.165, 1.54) is 48.5 Å². The highest BCUT2D eigenvalue weighted by molar-refractivity contribution is 7.12. The second-order valence-electron chi connectivity index (χ2n) is 6.32. The van der Waals surface area contributed by atoms with E-state index in [4.69, 9.17) is 0 Å². The molecule has 3 rings (SSSR count). The van der Waals surface area contributed by atoms with Gasteiger partial charge in [0.1, 0.15) is 0 Å². The van der Waals surface area contributed by atoms with Gasteiger partial charge in [-0.1, -0.05) is 0 Å². The highest BCUT2D eigenvalue weighted by Crippen LogP contribution is 2.32. The molecule has 0 spiro atoms. The van der Waals surface area contributed by atoms with Crippen molar-refractivity contribution in [1.82, 2.24) is 10.2 Å². The summed E-state index contributed by atoms with van der Waals surface area (Å²) >= 11 is 1.94. The number of hydrogen-bond donors (Lipinski definition) is 1. The van der Waals surface area contributed by atoms with Gasteiger partial charge in [0.25, 0.3) is 0 Å². The molecule has 1 N–H and O–H groups in total. The van der Waals surface area contributed by atoms with Crippen molar-refractivity contribution >= 4 is 11.3 Å². The molecule has 3 heteroatoms. The third-order valence-electron chi connectivity index (χ3n) is 4.58. The Bertz CT molecular complexity index is 436. The summed E-state index contributed by atoms with van der Waals surface area (Å²) in [6, 6.07) is 4.53. The second-order valence-corrected chi connectivity index (χ2v) is 7.78. The Balaban J connectivity index is 1.65. The van der Waals surface area contributed by atoms with Crippen molar-refractivity contribution in [1.29, 1.82) is 0 Å². The molecule has 1 aromatic heterocycles. The van der Waals surface area contributed by atoms with Crippen LogP contribution in [0, 0.1) is 13.8 Å². The highest BCUT2D eigenvalue weighted by atomic mass is 32.1. The molecule has 1 aliphatic heterocycles. The topological polar surface area (TPSA) is 15.3 Å². The molecule has 1 saturated heterocycles. The van der Waals surface area contributed by atoms with Crippen LogP contribution in [-0.4, -0.2) is 30.1 Å².